The van der Waals surface area contributed by atoms with E-state index in [-0.39, 0.29) is 0 Å². The summed E-state index contributed by atoms with van der Waals surface area (Å²) < 4.78 is 0. The Morgan fingerprint density at radius 2 is 2.40 bits per heavy atom. The standard InChI is InChI=1S/C9H17N/c1-4-9-6-5-8(2)7-10(9)3/h5,9H,4,6-7H2,1-3H3/t9-/m0/s1. The Bertz CT molecular complexity index is 138. The van der Waals surface area contributed by atoms with E-state index in [1.807, 2.05) is 0 Å². The second kappa shape index (κ2) is 3.20. The van der Waals surface area contributed by atoms with Crippen LogP contribution < -0.4 is 0 Å². The van der Waals surface area contributed by atoms with Gasteiger partial charge in [0.2, 0.25) is 0 Å². The van der Waals surface area contributed by atoms with Gasteiger partial charge in [0.25, 0.3) is 0 Å². The Hall–Kier alpha value is -0.300. The molecule has 0 unspecified atom stereocenters. The van der Waals surface area contributed by atoms with Crippen LogP contribution in [0.1, 0.15) is 26.7 Å². The summed E-state index contributed by atoms with van der Waals surface area (Å²) in [4.78, 5) is 2.44. The molecule has 0 spiro atoms. The first-order chi connectivity index (χ1) is 4.74. The molecule has 1 heteroatoms. The molecule has 1 nitrogen and oxygen atoms in total. The fourth-order valence-electron chi connectivity index (χ4n) is 1.58. The van der Waals surface area contributed by atoms with E-state index in [0.29, 0.717) is 0 Å². The zero-order chi connectivity index (χ0) is 7.56. The van der Waals surface area contributed by atoms with E-state index in [2.05, 4.69) is 31.9 Å². The zero-order valence-electron chi connectivity index (χ0n) is 7.22. The van der Waals surface area contributed by atoms with Gasteiger partial charge in [-0.05, 0) is 26.8 Å². The molecular formula is C9H17N. The highest BCUT2D eigenvalue weighted by molar-refractivity contribution is 5.06. The fourth-order valence-corrected chi connectivity index (χ4v) is 1.58. The Balaban J connectivity index is 2.52. The average molecular weight is 139 g/mol. The summed E-state index contributed by atoms with van der Waals surface area (Å²) in [5, 5.41) is 0. The molecule has 0 saturated carbocycles. The maximum atomic E-state index is 2.44. The Morgan fingerprint density at radius 1 is 1.70 bits per heavy atom. The van der Waals surface area contributed by atoms with Gasteiger partial charge in [0.05, 0.1) is 0 Å². The molecule has 58 valence electrons. The maximum Gasteiger partial charge on any atom is 0.0190 e. The zero-order valence-corrected chi connectivity index (χ0v) is 7.22. The van der Waals surface area contributed by atoms with Gasteiger partial charge < -0.3 is 0 Å². The highest BCUT2D eigenvalue weighted by Gasteiger charge is 2.15. The summed E-state index contributed by atoms with van der Waals surface area (Å²) in [6.07, 6.45) is 4.90. The van der Waals surface area contributed by atoms with Crippen LogP contribution >= 0.6 is 0 Å². The van der Waals surface area contributed by atoms with Crippen molar-refractivity contribution in [2.45, 2.75) is 32.7 Å². The summed E-state index contributed by atoms with van der Waals surface area (Å²) in [7, 11) is 2.21. The van der Waals surface area contributed by atoms with E-state index in [9.17, 15) is 0 Å². The Morgan fingerprint density at radius 3 is 2.90 bits per heavy atom. The third-order valence-electron chi connectivity index (χ3n) is 2.33. The Kier molecular flexibility index (Phi) is 2.50. The van der Waals surface area contributed by atoms with E-state index < -0.39 is 0 Å². The van der Waals surface area contributed by atoms with Crippen molar-refractivity contribution in [3.05, 3.63) is 11.6 Å². The minimum Gasteiger partial charge on any atom is -0.299 e. The monoisotopic (exact) mass is 139 g/mol. The molecule has 1 heterocycles. The molecule has 0 fully saturated rings. The summed E-state index contributed by atoms with van der Waals surface area (Å²) in [6, 6.07) is 0.795. The van der Waals surface area contributed by atoms with Gasteiger partial charge in [-0.1, -0.05) is 18.6 Å². The van der Waals surface area contributed by atoms with Gasteiger partial charge in [-0.25, -0.2) is 0 Å². The molecule has 0 aromatic rings. The normalized spacial score (nSPS) is 28.3. The van der Waals surface area contributed by atoms with Crippen molar-refractivity contribution in [1.82, 2.24) is 4.90 Å². The van der Waals surface area contributed by atoms with Gasteiger partial charge in [-0.15, -0.1) is 0 Å². The minimum absolute atomic E-state index is 0.795. The van der Waals surface area contributed by atoms with Crippen LogP contribution in [0.4, 0.5) is 0 Å². The van der Waals surface area contributed by atoms with Crippen molar-refractivity contribution in [3.63, 3.8) is 0 Å². The highest BCUT2D eigenvalue weighted by Crippen LogP contribution is 2.15. The van der Waals surface area contributed by atoms with E-state index in [4.69, 9.17) is 0 Å². The average Bonchev–Trinajstić information content (AvgIpc) is 1.88. The second-order valence-corrected chi connectivity index (χ2v) is 3.26. The molecule has 0 bridgehead atoms. The Labute approximate surface area is 63.7 Å². The van der Waals surface area contributed by atoms with Crippen LogP contribution in [0.25, 0.3) is 0 Å². The quantitative estimate of drug-likeness (QED) is 0.502. The lowest BCUT2D eigenvalue weighted by Crippen LogP contribution is -2.34. The number of nitrogens with zero attached hydrogens (tertiary/aromatic N) is 1. The van der Waals surface area contributed by atoms with Gasteiger partial charge in [0, 0.05) is 12.6 Å². The molecule has 0 aromatic carbocycles. The van der Waals surface area contributed by atoms with Gasteiger partial charge in [0.1, 0.15) is 0 Å². The van der Waals surface area contributed by atoms with Crippen molar-refractivity contribution >= 4 is 0 Å². The molecular weight excluding hydrogens is 122 g/mol. The third-order valence-corrected chi connectivity index (χ3v) is 2.33. The van der Waals surface area contributed by atoms with Crippen molar-refractivity contribution in [2.24, 2.45) is 0 Å². The molecule has 0 amide bonds. The first kappa shape index (κ1) is 7.80. The molecule has 1 aliphatic heterocycles. The summed E-state index contributed by atoms with van der Waals surface area (Å²) >= 11 is 0. The smallest absolute Gasteiger partial charge is 0.0190 e. The van der Waals surface area contributed by atoms with Crippen LogP contribution in [0.15, 0.2) is 11.6 Å². The summed E-state index contributed by atoms with van der Waals surface area (Å²) in [6.45, 7) is 5.64. The maximum absolute atomic E-state index is 2.44. The van der Waals surface area contributed by atoms with E-state index in [0.717, 1.165) is 6.04 Å². The van der Waals surface area contributed by atoms with Crippen LogP contribution in [-0.4, -0.2) is 24.5 Å². The number of hydrogen-bond donors (Lipinski definition) is 0. The van der Waals surface area contributed by atoms with Crippen molar-refractivity contribution in [2.75, 3.05) is 13.6 Å². The number of hydrogen-bond acceptors (Lipinski definition) is 1. The molecule has 0 aromatic heterocycles. The summed E-state index contributed by atoms with van der Waals surface area (Å²) in [5.41, 5.74) is 1.52. The third kappa shape index (κ3) is 1.60. The fraction of sp³-hybridized carbons (Fsp3) is 0.778. The van der Waals surface area contributed by atoms with Crippen LogP contribution in [0.3, 0.4) is 0 Å². The van der Waals surface area contributed by atoms with Crippen molar-refractivity contribution < 1.29 is 0 Å². The number of likely N-dealkylation sites (N-methyl/N-ethyl adjacent to an activating group) is 1. The van der Waals surface area contributed by atoms with E-state index >= 15 is 0 Å². The lowest BCUT2D eigenvalue weighted by Gasteiger charge is -2.30. The molecule has 0 N–H and O–H groups in total. The van der Waals surface area contributed by atoms with E-state index in [1.54, 1.807) is 0 Å². The lowest BCUT2D eigenvalue weighted by molar-refractivity contribution is 0.243. The molecule has 0 radical (unpaired) electrons. The first-order valence-electron chi connectivity index (χ1n) is 4.10. The molecule has 0 saturated heterocycles. The largest absolute Gasteiger partial charge is 0.299 e. The topological polar surface area (TPSA) is 3.24 Å². The molecule has 1 atom stereocenters. The molecule has 10 heavy (non-hydrogen) atoms. The lowest BCUT2D eigenvalue weighted by atomic mass is 10.0. The highest BCUT2D eigenvalue weighted by atomic mass is 15.1. The van der Waals surface area contributed by atoms with Crippen LogP contribution in [0.5, 0.6) is 0 Å². The van der Waals surface area contributed by atoms with Crippen LogP contribution in [0, 0.1) is 0 Å². The second-order valence-electron chi connectivity index (χ2n) is 3.26. The van der Waals surface area contributed by atoms with Crippen LogP contribution in [-0.2, 0) is 0 Å². The van der Waals surface area contributed by atoms with Crippen LogP contribution in [0.2, 0.25) is 0 Å². The van der Waals surface area contributed by atoms with Gasteiger partial charge in [-0.3, -0.25) is 4.90 Å². The van der Waals surface area contributed by atoms with Crippen molar-refractivity contribution in [3.8, 4) is 0 Å². The summed E-state index contributed by atoms with van der Waals surface area (Å²) in [5.74, 6) is 0. The van der Waals surface area contributed by atoms with E-state index in [1.165, 1.54) is 25.0 Å². The van der Waals surface area contributed by atoms with Gasteiger partial charge >= 0.3 is 0 Å². The molecule has 0 aliphatic carbocycles. The minimum atomic E-state index is 0.795. The SMILES string of the molecule is CC[C@H]1CC=C(C)CN1C. The van der Waals surface area contributed by atoms with Crippen molar-refractivity contribution in [1.29, 1.82) is 0 Å². The predicted molar refractivity (Wildman–Crippen MR) is 45.1 cm³/mol. The predicted octanol–water partition coefficient (Wildman–Crippen LogP) is 2.05. The first-order valence-corrected chi connectivity index (χ1v) is 4.10. The van der Waals surface area contributed by atoms with Gasteiger partial charge in [-0.2, -0.15) is 0 Å². The van der Waals surface area contributed by atoms with Gasteiger partial charge in [0.15, 0.2) is 0 Å². The molecule has 1 aliphatic rings. The number of rotatable bonds is 1. The molecule has 1 rings (SSSR count).